The molecule has 4 nitrogen and oxygen atoms in total. The van der Waals surface area contributed by atoms with Gasteiger partial charge in [0, 0.05) is 21.1 Å². The van der Waals surface area contributed by atoms with E-state index in [0.717, 1.165) is 78.2 Å². The van der Waals surface area contributed by atoms with Crippen molar-refractivity contribution in [1.29, 1.82) is 0 Å². The number of nitrogens with one attached hydrogen (secondary N) is 1. The molecule has 0 aromatic heterocycles. The minimum absolute atomic E-state index is 0.00245. The quantitative estimate of drug-likeness (QED) is 0.225. The van der Waals surface area contributed by atoms with Gasteiger partial charge in [-0.3, -0.25) is 4.79 Å². The molecule has 0 radical (unpaired) electrons. The first kappa shape index (κ1) is 28.7. The van der Waals surface area contributed by atoms with Crippen LogP contribution in [-0.4, -0.2) is 30.4 Å². The van der Waals surface area contributed by atoms with E-state index in [0.29, 0.717) is 5.92 Å². The van der Waals surface area contributed by atoms with E-state index in [2.05, 4.69) is 56.5 Å². The van der Waals surface area contributed by atoms with Crippen LogP contribution in [0.3, 0.4) is 0 Å². The average Bonchev–Trinajstić information content (AvgIpc) is 2.92. The number of hydrogen-bond donors (Lipinski definition) is 1. The largest absolute Gasteiger partial charge is 0.486 e. The van der Waals surface area contributed by atoms with Gasteiger partial charge in [-0.15, -0.1) is 0 Å². The van der Waals surface area contributed by atoms with Crippen molar-refractivity contribution in [2.45, 2.75) is 58.0 Å². The third-order valence-electron chi connectivity index (χ3n) is 7.26. The van der Waals surface area contributed by atoms with Crippen molar-refractivity contribution in [2.24, 2.45) is 5.92 Å². The van der Waals surface area contributed by atoms with E-state index in [1.165, 1.54) is 5.56 Å². The van der Waals surface area contributed by atoms with Crippen LogP contribution >= 0.6 is 27.5 Å². The highest BCUT2D eigenvalue weighted by Crippen LogP contribution is 2.31. The lowest BCUT2D eigenvalue weighted by atomic mass is 9.89. The van der Waals surface area contributed by atoms with E-state index >= 15 is 0 Å². The van der Waals surface area contributed by atoms with Crippen molar-refractivity contribution >= 4 is 39.1 Å². The van der Waals surface area contributed by atoms with Gasteiger partial charge in [0.25, 0.3) is 0 Å². The number of ether oxygens (including phenoxy) is 1. The van der Waals surface area contributed by atoms with Crippen molar-refractivity contribution in [3.8, 4) is 5.75 Å². The molecule has 1 N–H and O–H groups in total. The average molecular weight is 598 g/mol. The number of piperidine rings is 1. The van der Waals surface area contributed by atoms with Crippen LogP contribution in [0, 0.1) is 5.92 Å². The Morgan fingerprint density at radius 2 is 1.74 bits per heavy atom. The Labute approximate surface area is 240 Å². The second-order valence-corrected chi connectivity index (χ2v) is 11.8. The number of carbonyl (C=O) groups excluding carboxylic acids is 1. The molecule has 1 unspecified atom stereocenters. The summed E-state index contributed by atoms with van der Waals surface area (Å²) in [6.07, 6.45) is 5.52. The molecule has 1 atom stereocenters. The van der Waals surface area contributed by atoms with E-state index in [1.807, 2.05) is 56.3 Å². The molecular formula is C32H38BrClN2O2. The van der Waals surface area contributed by atoms with E-state index in [4.69, 9.17) is 16.3 Å². The Kier molecular flexibility index (Phi) is 10.7. The maximum atomic E-state index is 12.1. The van der Waals surface area contributed by atoms with Gasteiger partial charge in [0.2, 0.25) is 5.91 Å². The summed E-state index contributed by atoms with van der Waals surface area (Å²) < 4.78 is 7.44. The number of anilines is 1. The molecule has 0 saturated carbocycles. The number of hydrogen-bond acceptors (Lipinski definition) is 3. The minimum atomic E-state index is -0.0179. The minimum Gasteiger partial charge on any atom is -0.486 e. The Morgan fingerprint density at radius 3 is 2.42 bits per heavy atom. The van der Waals surface area contributed by atoms with Gasteiger partial charge in [-0.25, -0.2) is 0 Å². The van der Waals surface area contributed by atoms with Crippen LogP contribution in [0.25, 0.3) is 0 Å². The van der Waals surface area contributed by atoms with Gasteiger partial charge >= 0.3 is 0 Å². The second-order valence-electron chi connectivity index (χ2n) is 10.5. The normalized spacial score (nSPS) is 15.4. The predicted octanol–water partition coefficient (Wildman–Crippen LogP) is 8.87. The van der Waals surface area contributed by atoms with Gasteiger partial charge in [-0.05, 0) is 117 Å². The van der Waals surface area contributed by atoms with Crippen molar-refractivity contribution < 1.29 is 9.53 Å². The van der Waals surface area contributed by atoms with Gasteiger partial charge in [0.15, 0.2) is 0 Å². The van der Waals surface area contributed by atoms with Crippen molar-refractivity contribution in [3.63, 3.8) is 0 Å². The van der Waals surface area contributed by atoms with Crippen molar-refractivity contribution in [1.82, 2.24) is 4.90 Å². The lowest BCUT2D eigenvalue weighted by molar-refractivity contribution is -0.118. The van der Waals surface area contributed by atoms with E-state index in [9.17, 15) is 4.79 Å². The fourth-order valence-electron chi connectivity index (χ4n) is 4.96. The molecule has 1 aliphatic heterocycles. The Bertz CT molecular complexity index is 1160. The zero-order chi connectivity index (χ0) is 26.9. The molecule has 3 aromatic rings. The molecule has 1 amide bonds. The SMILES string of the molecule is CC(C)C(=O)Nc1cccc(C2CCN(CCCCC(Oc3ccc(Br)cc3)c3ccc(Cl)cc3)CC2)c1. The van der Waals surface area contributed by atoms with Crippen LogP contribution in [0.15, 0.2) is 77.3 Å². The molecule has 1 aliphatic rings. The molecule has 38 heavy (non-hydrogen) atoms. The fraction of sp³-hybridized carbons (Fsp3) is 0.406. The highest BCUT2D eigenvalue weighted by molar-refractivity contribution is 9.10. The second kappa shape index (κ2) is 14.2. The van der Waals surface area contributed by atoms with Gasteiger partial charge in [-0.1, -0.05) is 65.6 Å². The van der Waals surface area contributed by atoms with Crippen LogP contribution < -0.4 is 10.1 Å². The van der Waals surface area contributed by atoms with E-state index < -0.39 is 0 Å². The molecule has 6 heteroatoms. The standard InChI is InChI=1S/C32H38BrClN2O2/c1-23(2)32(37)35-29-7-5-6-26(22-29)24-17-20-36(21-18-24)19-4-3-8-31(25-9-13-28(34)14-10-25)38-30-15-11-27(33)12-16-30/h5-7,9-16,22-24,31H,3-4,8,17-21H2,1-2H3,(H,35,37). The molecule has 1 saturated heterocycles. The summed E-state index contributed by atoms with van der Waals surface area (Å²) in [6, 6.07) is 24.4. The van der Waals surface area contributed by atoms with Crippen LogP contribution in [-0.2, 0) is 4.79 Å². The predicted molar refractivity (Wildman–Crippen MR) is 161 cm³/mol. The van der Waals surface area contributed by atoms with Crippen LogP contribution in [0.2, 0.25) is 5.02 Å². The molecule has 0 bridgehead atoms. The Balaban J connectivity index is 1.24. The van der Waals surface area contributed by atoms with Crippen LogP contribution in [0.4, 0.5) is 5.69 Å². The fourth-order valence-corrected chi connectivity index (χ4v) is 5.35. The van der Waals surface area contributed by atoms with E-state index in [-0.39, 0.29) is 17.9 Å². The number of nitrogens with zero attached hydrogens (tertiary/aromatic N) is 1. The number of amides is 1. The van der Waals surface area contributed by atoms with Gasteiger partial charge in [0.1, 0.15) is 11.9 Å². The monoisotopic (exact) mass is 596 g/mol. The van der Waals surface area contributed by atoms with Gasteiger partial charge in [0.05, 0.1) is 0 Å². The third kappa shape index (κ3) is 8.59. The number of carbonyl (C=O) groups is 1. The Hall–Kier alpha value is -2.34. The first-order valence-corrected chi connectivity index (χ1v) is 14.9. The molecule has 0 aliphatic carbocycles. The summed E-state index contributed by atoms with van der Waals surface area (Å²) in [7, 11) is 0. The molecule has 3 aromatic carbocycles. The summed E-state index contributed by atoms with van der Waals surface area (Å²) in [6.45, 7) is 7.18. The van der Waals surface area contributed by atoms with Crippen LogP contribution in [0.1, 0.15) is 69.1 Å². The Morgan fingerprint density at radius 1 is 1.03 bits per heavy atom. The highest BCUT2D eigenvalue weighted by Gasteiger charge is 2.21. The highest BCUT2D eigenvalue weighted by atomic mass is 79.9. The lowest BCUT2D eigenvalue weighted by Crippen LogP contribution is -2.33. The zero-order valence-electron chi connectivity index (χ0n) is 22.3. The summed E-state index contributed by atoms with van der Waals surface area (Å²) >= 11 is 9.62. The molecule has 0 spiro atoms. The zero-order valence-corrected chi connectivity index (χ0v) is 24.7. The van der Waals surface area contributed by atoms with Crippen molar-refractivity contribution in [2.75, 3.05) is 25.0 Å². The number of benzene rings is 3. The summed E-state index contributed by atoms with van der Waals surface area (Å²) in [5.74, 6) is 1.48. The maximum Gasteiger partial charge on any atom is 0.226 e. The number of rotatable bonds is 11. The number of halogens is 2. The molecule has 1 fully saturated rings. The third-order valence-corrected chi connectivity index (χ3v) is 8.04. The van der Waals surface area contributed by atoms with Gasteiger partial charge < -0.3 is 15.0 Å². The first-order valence-electron chi connectivity index (χ1n) is 13.7. The molecular weight excluding hydrogens is 560 g/mol. The van der Waals surface area contributed by atoms with Crippen LogP contribution in [0.5, 0.6) is 5.75 Å². The van der Waals surface area contributed by atoms with Crippen molar-refractivity contribution in [3.05, 3.63) is 93.4 Å². The summed E-state index contributed by atoms with van der Waals surface area (Å²) in [4.78, 5) is 14.7. The maximum absolute atomic E-state index is 12.1. The molecule has 1 heterocycles. The topological polar surface area (TPSA) is 41.6 Å². The van der Waals surface area contributed by atoms with E-state index in [1.54, 1.807) is 0 Å². The number of likely N-dealkylation sites (tertiary alicyclic amines) is 1. The summed E-state index contributed by atoms with van der Waals surface area (Å²) in [5, 5.41) is 3.78. The smallest absolute Gasteiger partial charge is 0.226 e. The molecule has 202 valence electrons. The first-order chi connectivity index (χ1) is 18.4. The molecule has 4 rings (SSSR count). The number of unbranched alkanes of at least 4 members (excludes halogenated alkanes) is 1. The van der Waals surface area contributed by atoms with Gasteiger partial charge in [-0.2, -0.15) is 0 Å². The lowest BCUT2D eigenvalue weighted by Gasteiger charge is -2.32. The summed E-state index contributed by atoms with van der Waals surface area (Å²) in [5.41, 5.74) is 3.40.